The first-order chi connectivity index (χ1) is 11.6. The minimum absolute atomic E-state index is 0.0716. The van der Waals surface area contributed by atoms with E-state index in [0.29, 0.717) is 18.8 Å². The molecule has 0 bridgehead atoms. The molecule has 24 heavy (non-hydrogen) atoms. The Bertz CT molecular complexity index is 764. The van der Waals surface area contributed by atoms with E-state index in [9.17, 15) is 4.79 Å². The van der Waals surface area contributed by atoms with Crippen LogP contribution in [0.3, 0.4) is 0 Å². The Kier molecular flexibility index (Phi) is 4.79. The van der Waals surface area contributed by atoms with Crippen LogP contribution in [0.5, 0.6) is 11.5 Å². The minimum Gasteiger partial charge on any atom is -0.492 e. The van der Waals surface area contributed by atoms with Crippen LogP contribution in [0.1, 0.15) is 23.1 Å². The molecule has 0 aromatic heterocycles. The third kappa shape index (κ3) is 3.93. The lowest BCUT2D eigenvalue weighted by Gasteiger charge is -2.18. The Balaban J connectivity index is 1.60. The maximum Gasteiger partial charge on any atom is 0.277 e. The lowest BCUT2D eigenvalue weighted by Crippen LogP contribution is -2.27. The Morgan fingerprint density at radius 3 is 2.75 bits per heavy atom. The summed E-state index contributed by atoms with van der Waals surface area (Å²) in [5, 5.41) is 4.23. The number of para-hydroxylation sites is 1. The fraction of sp³-hybridized carbons (Fsp3) is 0.263. The van der Waals surface area contributed by atoms with E-state index in [1.165, 1.54) is 0 Å². The Labute approximate surface area is 141 Å². The number of benzene rings is 2. The van der Waals surface area contributed by atoms with Gasteiger partial charge >= 0.3 is 0 Å². The molecule has 2 aromatic carbocycles. The van der Waals surface area contributed by atoms with E-state index in [1.54, 1.807) is 0 Å². The van der Waals surface area contributed by atoms with Gasteiger partial charge in [-0.25, -0.2) is 5.43 Å². The summed E-state index contributed by atoms with van der Waals surface area (Å²) in [6.45, 7) is 4.48. The number of nitrogens with zero attached hydrogens (tertiary/aromatic N) is 1. The van der Waals surface area contributed by atoms with Crippen LogP contribution in [0.25, 0.3) is 0 Å². The summed E-state index contributed by atoms with van der Waals surface area (Å²) in [7, 11) is 0. The Hall–Kier alpha value is -2.82. The standard InChI is InChI=1S/C19H20N2O3/c1-13-9-14(2)11-15(10-13)24-12-19(22)21-20-17-7-8-23-18-6-4-3-5-16(17)18/h3-6,9-11H,7-8,12H2,1-2H3,(H,21,22)/b20-17-. The van der Waals surface area contributed by atoms with Crippen molar-refractivity contribution in [1.29, 1.82) is 0 Å². The number of amides is 1. The fourth-order valence-corrected chi connectivity index (χ4v) is 2.67. The van der Waals surface area contributed by atoms with Crippen LogP contribution >= 0.6 is 0 Å². The molecular weight excluding hydrogens is 304 g/mol. The molecule has 5 heteroatoms. The summed E-state index contributed by atoms with van der Waals surface area (Å²) >= 11 is 0. The topological polar surface area (TPSA) is 59.9 Å². The molecular formula is C19H20N2O3. The molecule has 0 aliphatic carbocycles. The van der Waals surface area contributed by atoms with Gasteiger partial charge in [0.25, 0.3) is 5.91 Å². The minimum atomic E-state index is -0.286. The molecule has 5 nitrogen and oxygen atoms in total. The number of hydrogen-bond donors (Lipinski definition) is 1. The first-order valence-electron chi connectivity index (χ1n) is 7.90. The van der Waals surface area contributed by atoms with Gasteiger partial charge in [0.05, 0.1) is 12.3 Å². The van der Waals surface area contributed by atoms with Gasteiger partial charge in [-0.2, -0.15) is 5.10 Å². The van der Waals surface area contributed by atoms with E-state index >= 15 is 0 Å². The first kappa shape index (κ1) is 16.1. The number of fused-ring (bicyclic) bond motifs is 1. The van der Waals surface area contributed by atoms with Gasteiger partial charge in [0.15, 0.2) is 6.61 Å². The largest absolute Gasteiger partial charge is 0.492 e. The zero-order valence-corrected chi connectivity index (χ0v) is 13.8. The highest BCUT2D eigenvalue weighted by molar-refractivity contribution is 6.04. The zero-order valence-electron chi connectivity index (χ0n) is 13.8. The summed E-state index contributed by atoms with van der Waals surface area (Å²) in [5.74, 6) is 1.19. The lowest BCUT2D eigenvalue weighted by atomic mass is 10.0. The van der Waals surface area contributed by atoms with E-state index in [0.717, 1.165) is 28.2 Å². The third-order valence-electron chi connectivity index (χ3n) is 3.68. The van der Waals surface area contributed by atoms with Crippen LogP contribution in [0.2, 0.25) is 0 Å². The van der Waals surface area contributed by atoms with Gasteiger partial charge in [-0.1, -0.05) is 18.2 Å². The second-order valence-corrected chi connectivity index (χ2v) is 5.80. The quantitative estimate of drug-likeness (QED) is 0.880. The van der Waals surface area contributed by atoms with Gasteiger partial charge in [0, 0.05) is 12.0 Å². The predicted molar refractivity (Wildman–Crippen MR) is 92.6 cm³/mol. The van der Waals surface area contributed by atoms with Crippen molar-refractivity contribution in [3.05, 3.63) is 59.2 Å². The fourth-order valence-electron chi connectivity index (χ4n) is 2.67. The molecule has 0 unspecified atom stereocenters. The van der Waals surface area contributed by atoms with E-state index in [-0.39, 0.29) is 12.5 Å². The third-order valence-corrected chi connectivity index (χ3v) is 3.68. The number of ether oxygens (including phenoxy) is 2. The molecule has 0 saturated carbocycles. The Morgan fingerprint density at radius 1 is 1.21 bits per heavy atom. The summed E-state index contributed by atoms with van der Waals surface area (Å²) in [6, 6.07) is 13.5. The highest BCUT2D eigenvalue weighted by Gasteiger charge is 2.16. The predicted octanol–water partition coefficient (Wildman–Crippen LogP) is 2.99. The van der Waals surface area contributed by atoms with Crippen molar-refractivity contribution >= 4 is 11.6 Å². The molecule has 0 atom stereocenters. The van der Waals surface area contributed by atoms with Crippen LogP contribution in [0.4, 0.5) is 0 Å². The molecule has 1 N–H and O–H groups in total. The monoisotopic (exact) mass is 324 g/mol. The number of rotatable bonds is 4. The van der Waals surface area contributed by atoms with Crippen LogP contribution in [0.15, 0.2) is 47.6 Å². The van der Waals surface area contributed by atoms with Crippen LogP contribution in [-0.2, 0) is 4.79 Å². The average molecular weight is 324 g/mol. The molecule has 0 fully saturated rings. The van der Waals surface area contributed by atoms with Gasteiger partial charge in [-0.3, -0.25) is 4.79 Å². The van der Waals surface area contributed by atoms with E-state index in [1.807, 2.05) is 50.2 Å². The highest BCUT2D eigenvalue weighted by Crippen LogP contribution is 2.24. The van der Waals surface area contributed by atoms with Crippen molar-refractivity contribution in [1.82, 2.24) is 5.43 Å². The van der Waals surface area contributed by atoms with Crippen molar-refractivity contribution in [2.24, 2.45) is 5.10 Å². The number of nitrogens with one attached hydrogen (secondary N) is 1. The molecule has 1 aliphatic rings. The van der Waals surface area contributed by atoms with E-state index in [4.69, 9.17) is 9.47 Å². The summed E-state index contributed by atoms with van der Waals surface area (Å²) in [5.41, 5.74) is 6.50. The van der Waals surface area contributed by atoms with E-state index < -0.39 is 0 Å². The van der Waals surface area contributed by atoms with Crippen LogP contribution < -0.4 is 14.9 Å². The lowest BCUT2D eigenvalue weighted by molar-refractivity contribution is -0.123. The SMILES string of the molecule is Cc1cc(C)cc(OCC(=O)N/N=C2/CCOc3ccccc32)c1. The van der Waals surface area contributed by atoms with Gasteiger partial charge in [-0.15, -0.1) is 0 Å². The van der Waals surface area contributed by atoms with Crippen molar-refractivity contribution in [2.45, 2.75) is 20.3 Å². The maximum absolute atomic E-state index is 12.0. The normalized spacial score (nSPS) is 14.7. The molecule has 124 valence electrons. The molecule has 1 aliphatic heterocycles. The van der Waals surface area contributed by atoms with Crippen molar-refractivity contribution in [3.8, 4) is 11.5 Å². The molecule has 0 saturated heterocycles. The number of hydrazone groups is 1. The van der Waals surface area contributed by atoms with Gasteiger partial charge in [-0.05, 0) is 49.2 Å². The molecule has 1 amide bonds. The molecule has 2 aromatic rings. The first-order valence-corrected chi connectivity index (χ1v) is 7.90. The van der Waals surface area contributed by atoms with Gasteiger partial charge in [0.1, 0.15) is 11.5 Å². The van der Waals surface area contributed by atoms with Crippen LogP contribution in [-0.4, -0.2) is 24.8 Å². The zero-order chi connectivity index (χ0) is 16.9. The van der Waals surface area contributed by atoms with E-state index in [2.05, 4.69) is 16.6 Å². The number of hydrogen-bond acceptors (Lipinski definition) is 4. The van der Waals surface area contributed by atoms with Gasteiger partial charge in [0.2, 0.25) is 0 Å². The number of carbonyl (C=O) groups excluding carboxylic acids is 1. The smallest absolute Gasteiger partial charge is 0.277 e. The van der Waals surface area contributed by atoms with Crippen molar-refractivity contribution < 1.29 is 14.3 Å². The summed E-state index contributed by atoms with van der Waals surface area (Å²) in [6.07, 6.45) is 0.662. The van der Waals surface area contributed by atoms with Crippen molar-refractivity contribution in [3.63, 3.8) is 0 Å². The average Bonchev–Trinajstić information content (AvgIpc) is 2.57. The second-order valence-electron chi connectivity index (χ2n) is 5.80. The number of aryl methyl sites for hydroxylation is 2. The van der Waals surface area contributed by atoms with Crippen LogP contribution in [0, 0.1) is 13.8 Å². The van der Waals surface area contributed by atoms with Gasteiger partial charge < -0.3 is 9.47 Å². The summed E-state index contributed by atoms with van der Waals surface area (Å²) in [4.78, 5) is 12.0. The Morgan fingerprint density at radius 2 is 1.96 bits per heavy atom. The molecule has 0 spiro atoms. The second kappa shape index (κ2) is 7.17. The summed E-state index contributed by atoms with van der Waals surface area (Å²) < 4.78 is 11.1. The molecule has 0 radical (unpaired) electrons. The number of carbonyl (C=O) groups is 1. The van der Waals surface area contributed by atoms with Crippen molar-refractivity contribution in [2.75, 3.05) is 13.2 Å². The highest BCUT2D eigenvalue weighted by atomic mass is 16.5. The maximum atomic E-state index is 12.0. The molecule has 3 rings (SSSR count). The molecule has 1 heterocycles.